The third-order valence-corrected chi connectivity index (χ3v) is 6.23. The van der Waals surface area contributed by atoms with E-state index < -0.39 is 0 Å². The van der Waals surface area contributed by atoms with E-state index in [9.17, 15) is 10.1 Å². The van der Waals surface area contributed by atoms with Crippen molar-refractivity contribution in [1.29, 1.82) is 5.26 Å². The van der Waals surface area contributed by atoms with E-state index in [0.29, 0.717) is 44.8 Å². The molecule has 1 aromatic heterocycles. The van der Waals surface area contributed by atoms with Gasteiger partial charge in [0, 0.05) is 23.5 Å². The molecule has 31 heavy (non-hydrogen) atoms. The lowest BCUT2D eigenvalue weighted by Gasteiger charge is -2.35. The molecule has 1 amide bonds. The first-order valence-electron chi connectivity index (χ1n) is 11.0. The minimum atomic E-state index is -0.312. The van der Waals surface area contributed by atoms with Gasteiger partial charge in [0.2, 0.25) is 5.91 Å². The number of carbonyl (C=O) groups excluding carboxylic acids is 1. The third kappa shape index (κ3) is 4.15. The van der Waals surface area contributed by atoms with Gasteiger partial charge in [0.15, 0.2) is 0 Å². The number of fused-ring (bicyclic) bond motifs is 1. The average molecular weight is 420 g/mol. The van der Waals surface area contributed by atoms with Gasteiger partial charge >= 0.3 is 0 Å². The van der Waals surface area contributed by atoms with E-state index in [-0.39, 0.29) is 17.4 Å². The van der Waals surface area contributed by atoms with Crippen LogP contribution in [0.1, 0.15) is 44.4 Å². The Balaban J connectivity index is 1.77. The number of benzene rings is 1. The number of hydrogen-bond donors (Lipinski definition) is 0. The van der Waals surface area contributed by atoms with Crippen molar-refractivity contribution in [3.05, 3.63) is 47.0 Å². The molecular weight excluding hydrogens is 388 g/mol. The van der Waals surface area contributed by atoms with Crippen molar-refractivity contribution in [3.8, 4) is 17.3 Å². The van der Waals surface area contributed by atoms with Crippen LogP contribution in [-0.2, 0) is 22.6 Å². The van der Waals surface area contributed by atoms with Crippen LogP contribution >= 0.6 is 0 Å². The number of ether oxygens (including phenoxy) is 1. The summed E-state index contributed by atoms with van der Waals surface area (Å²) in [7, 11) is 0. The fourth-order valence-electron chi connectivity index (χ4n) is 4.52. The number of H-pyrrole nitrogens is 1. The minimum absolute atomic E-state index is 0.00319. The van der Waals surface area contributed by atoms with E-state index in [0.717, 1.165) is 28.2 Å². The normalized spacial score (nSPS) is 17.9. The Kier molecular flexibility index (Phi) is 5.72. The fraction of sp³-hybridized carbons (Fsp3) is 0.480. The van der Waals surface area contributed by atoms with Crippen molar-refractivity contribution in [1.82, 2.24) is 4.90 Å². The van der Waals surface area contributed by atoms with E-state index in [1.165, 1.54) is 0 Å². The second-order valence-electron chi connectivity index (χ2n) is 9.35. The van der Waals surface area contributed by atoms with Crippen molar-refractivity contribution in [2.75, 3.05) is 31.1 Å². The SMILES string of the molecule is CC(C)C(=O)N1CCN(c2[nH+]c(-c3ccccc3)c3c(c2C#N)CC(C)(C)OC3)CC1. The van der Waals surface area contributed by atoms with Gasteiger partial charge in [-0.1, -0.05) is 44.2 Å². The monoisotopic (exact) mass is 419 g/mol. The molecule has 1 N–H and O–H groups in total. The van der Waals surface area contributed by atoms with E-state index in [2.05, 4.69) is 41.9 Å². The molecule has 6 nitrogen and oxygen atoms in total. The highest BCUT2D eigenvalue weighted by molar-refractivity contribution is 5.78. The van der Waals surface area contributed by atoms with Crippen molar-refractivity contribution in [3.63, 3.8) is 0 Å². The molecule has 2 aromatic rings. The van der Waals surface area contributed by atoms with Gasteiger partial charge in [-0.05, 0) is 19.4 Å². The lowest BCUT2D eigenvalue weighted by Crippen LogP contribution is -2.51. The second-order valence-corrected chi connectivity index (χ2v) is 9.35. The van der Waals surface area contributed by atoms with Gasteiger partial charge in [0.25, 0.3) is 5.82 Å². The van der Waals surface area contributed by atoms with Crippen LogP contribution in [0.3, 0.4) is 0 Å². The maximum Gasteiger partial charge on any atom is 0.293 e. The Morgan fingerprint density at radius 2 is 1.81 bits per heavy atom. The standard InChI is InChI=1S/C25H30N4O2/c1-17(2)24(30)29-12-10-28(11-13-29)23-20(15-26)19-14-25(3,4)31-16-21(19)22(27-23)18-8-6-5-7-9-18/h5-9,17H,10-14,16H2,1-4H3/p+1. The molecule has 6 heteroatoms. The molecule has 1 fully saturated rings. The van der Waals surface area contributed by atoms with Crippen molar-refractivity contribution in [2.24, 2.45) is 5.92 Å². The van der Waals surface area contributed by atoms with Crippen LogP contribution in [0.2, 0.25) is 0 Å². The molecule has 0 saturated carbocycles. The lowest BCUT2D eigenvalue weighted by molar-refractivity contribution is -0.352. The molecule has 2 aliphatic rings. The van der Waals surface area contributed by atoms with Crippen LogP contribution in [0, 0.1) is 17.2 Å². The summed E-state index contributed by atoms with van der Waals surface area (Å²) in [4.78, 5) is 20.1. The Labute approximate surface area is 184 Å². The first kappa shape index (κ1) is 21.3. The molecule has 0 spiro atoms. The van der Waals surface area contributed by atoms with Gasteiger partial charge in [0.1, 0.15) is 30.4 Å². The molecule has 162 valence electrons. The first-order chi connectivity index (χ1) is 14.8. The largest absolute Gasteiger partial charge is 0.370 e. The van der Waals surface area contributed by atoms with Gasteiger partial charge in [-0.2, -0.15) is 5.26 Å². The number of nitrogens with one attached hydrogen (secondary N) is 1. The van der Waals surface area contributed by atoms with E-state index in [1.54, 1.807) is 0 Å². The first-order valence-corrected chi connectivity index (χ1v) is 11.0. The van der Waals surface area contributed by atoms with Gasteiger partial charge < -0.3 is 9.64 Å². The zero-order chi connectivity index (χ0) is 22.2. The van der Waals surface area contributed by atoms with Crippen LogP contribution in [-0.4, -0.2) is 42.6 Å². The Morgan fingerprint density at radius 3 is 2.42 bits per heavy atom. The number of nitrogens with zero attached hydrogens (tertiary/aromatic N) is 3. The number of anilines is 1. The summed E-state index contributed by atoms with van der Waals surface area (Å²) in [5.74, 6) is 1.05. The maximum absolute atomic E-state index is 12.4. The highest BCUT2D eigenvalue weighted by Gasteiger charge is 2.37. The maximum atomic E-state index is 12.4. The number of carbonyl (C=O) groups is 1. The number of aromatic nitrogens is 1. The zero-order valence-electron chi connectivity index (χ0n) is 18.9. The fourth-order valence-corrected chi connectivity index (χ4v) is 4.52. The molecule has 1 aromatic carbocycles. The quantitative estimate of drug-likeness (QED) is 0.766. The van der Waals surface area contributed by atoms with Crippen LogP contribution in [0.15, 0.2) is 30.3 Å². The van der Waals surface area contributed by atoms with Crippen LogP contribution in [0.25, 0.3) is 11.3 Å². The van der Waals surface area contributed by atoms with Crippen LogP contribution in [0.5, 0.6) is 0 Å². The number of pyridine rings is 1. The summed E-state index contributed by atoms with van der Waals surface area (Å²) >= 11 is 0. The molecule has 0 unspecified atom stereocenters. The molecular formula is C25H31N4O2+. The van der Waals surface area contributed by atoms with E-state index >= 15 is 0 Å². The zero-order valence-corrected chi connectivity index (χ0v) is 18.9. The summed E-state index contributed by atoms with van der Waals surface area (Å²) in [6.45, 7) is 11.3. The van der Waals surface area contributed by atoms with Gasteiger partial charge in [-0.25, -0.2) is 4.98 Å². The van der Waals surface area contributed by atoms with Gasteiger partial charge in [-0.15, -0.1) is 0 Å². The summed E-state index contributed by atoms with van der Waals surface area (Å²) < 4.78 is 6.11. The van der Waals surface area contributed by atoms with E-state index in [4.69, 9.17) is 4.74 Å². The number of nitriles is 1. The predicted octanol–water partition coefficient (Wildman–Crippen LogP) is 3.20. The topological polar surface area (TPSA) is 70.7 Å². The molecule has 0 aliphatic carbocycles. The number of hydrogen-bond acceptors (Lipinski definition) is 4. The molecule has 3 heterocycles. The highest BCUT2D eigenvalue weighted by Crippen LogP contribution is 2.37. The molecule has 2 aliphatic heterocycles. The van der Waals surface area contributed by atoms with Crippen LogP contribution < -0.4 is 9.88 Å². The summed E-state index contributed by atoms with van der Waals surface area (Å²) in [5, 5.41) is 10.1. The summed E-state index contributed by atoms with van der Waals surface area (Å²) in [6, 6.07) is 12.7. The summed E-state index contributed by atoms with van der Waals surface area (Å²) in [5.41, 5.74) is 4.64. The van der Waals surface area contributed by atoms with Crippen LogP contribution in [0.4, 0.5) is 5.82 Å². The van der Waals surface area contributed by atoms with Gasteiger partial charge in [0.05, 0.1) is 25.3 Å². The molecule has 1 saturated heterocycles. The number of aromatic amines is 1. The lowest BCUT2D eigenvalue weighted by atomic mass is 9.86. The highest BCUT2D eigenvalue weighted by atomic mass is 16.5. The van der Waals surface area contributed by atoms with E-state index in [1.807, 2.05) is 36.9 Å². The predicted molar refractivity (Wildman–Crippen MR) is 119 cm³/mol. The summed E-state index contributed by atoms with van der Waals surface area (Å²) in [6.07, 6.45) is 0.693. The Hall–Kier alpha value is -2.91. The van der Waals surface area contributed by atoms with Crippen molar-refractivity contribution < 1.29 is 14.5 Å². The number of piperazine rings is 1. The average Bonchev–Trinajstić information content (AvgIpc) is 2.77. The van der Waals surface area contributed by atoms with Crippen molar-refractivity contribution >= 4 is 11.7 Å². The second kappa shape index (κ2) is 8.32. The molecule has 0 bridgehead atoms. The third-order valence-electron chi connectivity index (χ3n) is 6.23. The van der Waals surface area contributed by atoms with Gasteiger partial charge in [-0.3, -0.25) is 9.69 Å². The Bertz CT molecular complexity index is 1020. The molecule has 0 atom stereocenters. The smallest absolute Gasteiger partial charge is 0.293 e. The molecule has 0 radical (unpaired) electrons. The Morgan fingerprint density at radius 1 is 1.13 bits per heavy atom. The molecule has 4 rings (SSSR count). The number of amides is 1. The van der Waals surface area contributed by atoms with Crippen molar-refractivity contribution in [2.45, 2.75) is 46.3 Å². The minimum Gasteiger partial charge on any atom is -0.370 e. The number of rotatable bonds is 3.